The number of amides is 2. The van der Waals surface area contributed by atoms with Crippen molar-refractivity contribution >= 4 is 40.0 Å². The van der Waals surface area contributed by atoms with Crippen molar-refractivity contribution in [3.05, 3.63) is 40.7 Å². The van der Waals surface area contributed by atoms with Gasteiger partial charge in [0.15, 0.2) is 27.6 Å². The van der Waals surface area contributed by atoms with Crippen LogP contribution >= 0.6 is 23.1 Å². The first kappa shape index (κ1) is 23.5. The summed E-state index contributed by atoms with van der Waals surface area (Å²) < 4.78 is 12.3. The molecule has 0 fully saturated rings. The molecule has 12 heteroatoms. The predicted octanol–water partition coefficient (Wildman–Crippen LogP) is 2.74. The lowest BCUT2D eigenvalue weighted by molar-refractivity contribution is -0.113. The topological polar surface area (TPSA) is 120 Å². The number of thiazole rings is 1. The maximum atomic E-state index is 12.6. The number of carbonyl (C=O) groups excluding carboxylic acids is 2. The van der Waals surface area contributed by atoms with E-state index < -0.39 is 0 Å². The fraction of sp³-hybridized carbons (Fsp3) is 0.350. The smallest absolute Gasteiger partial charge is 0.251 e. The van der Waals surface area contributed by atoms with Crippen LogP contribution in [-0.4, -0.2) is 51.5 Å². The number of benzene rings is 1. The third-order valence-electron chi connectivity index (χ3n) is 4.36. The molecule has 2 aromatic heterocycles. The largest absolute Gasteiger partial charge is 0.493 e. The van der Waals surface area contributed by atoms with E-state index in [2.05, 4.69) is 25.8 Å². The molecule has 0 saturated heterocycles. The van der Waals surface area contributed by atoms with Crippen LogP contribution in [-0.2, 0) is 17.9 Å². The Balaban J connectivity index is 1.58. The molecule has 3 rings (SSSR count). The zero-order valence-electron chi connectivity index (χ0n) is 18.2. The van der Waals surface area contributed by atoms with Crippen LogP contribution in [0.2, 0.25) is 0 Å². The first-order chi connectivity index (χ1) is 15.4. The van der Waals surface area contributed by atoms with Crippen molar-refractivity contribution in [2.24, 2.45) is 0 Å². The molecular weight excluding hydrogens is 452 g/mol. The van der Waals surface area contributed by atoms with Crippen molar-refractivity contribution in [2.75, 3.05) is 25.3 Å². The molecule has 10 nitrogen and oxygen atoms in total. The van der Waals surface area contributed by atoms with E-state index in [0.717, 1.165) is 5.69 Å². The Labute approximate surface area is 193 Å². The predicted molar refractivity (Wildman–Crippen MR) is 123 cm³/mol. The Morgan fingerprint density at radius 3 is 2.62 bits per heavy atom. The molecule has 2 N–H and O–H groups in total. The molecular formula is C20H24N6O4S2. The van der Waals surface area contributed by atoms with Gasteiger partial charge in [-0.05, 0) is 32.0 Å². The summed E-state index contributed by atoms with van der Waals surface area (Å²) in [5.41, 5.74) is 1.30. The van der Waals surface area contributed by atoms with Gasteiger partial charge in [0, 0.05) is 17.5 Å². The van der Waals surface area contributed by atoms with Crippen molar-refractivity contribution in [3.63, 3.8) is 0 Å². The summed E-state index contributed by atoms with van der Waals surface area (Å²) in [6.45, 7) is 4.62. The summed E-state index contributed by atoms with van der Waals surface area (Å²) in [5.74, 6) is 1.35. The van der Waals surface area contributed by atoms with Crippen LogP contribution in [0, 0.1) is 6.92 Å². The molecule has 0 radical (unpaired) electrons. The van der Waals surface area contributed by atoms with Gasteiger partial charge in [0.1, 0.15) is 0 Å². The minimum absolute atomic E-state index is 0.168. The fourth-order valence-electron chi connectivity index (χ4n) is 2.81. The monoisotopic (exact) mass is 476 g/mol. The lowest BCUT2D eigenvalue weighted by atomic mass is 10.2. The van der Waals surface area contributed by atoms with Gasteiger partial charge in [-0.2, -0.15) is 0 Å². The molecule has 0 unspecified atom stereocenters. The summed E-state index contributed by atoms with van der Waals surface area (Å²) >= 11 is 2.66. The third kappa shape index (κ3) is 5.77. The Bertz CT molecular complexity index is 1100. The van der Waals surface area contributed by atoms with Gasteiger partial charge in [0.2, 0.25) is 5.91 Å². The number of anilines is 1. The van der Waals surface area contributed by atoms with Gasteiger partial charge in [-0.1, -0.05) is 11.8 Å². The minimum Gasteiger partial charge on any atom is -0.493 e. The van der Waals surface area contributed by atoms with E-state index in [4.69, 9.17) is 9.47 Å². The molecule has 2 heterocycles. The lowest BCUT2D eigenvalue weighted by Crippen LogP contribution is -2.25. The number of aromatic nitrogens is 4. The van der Waals surface area contributed by atoms with Crippen molar-refractivity contribution in [1.82, 2.24) is 25.1 Å². The molecule has 2 amide bonds. The number of thioether (sulfide) groups is 1. The van der Waals surface area contributed by atoms with E-state index in [9.17, 15) is 9.59 Å². The third-order valence-corrected chi connectivity index (χ3v) is 6.20. The van der Waals surface area contributed by atoms with Gasteiger partial charge in [-0.15, -0.1) is 21.5 Å². The van der Waals surface area contributed by atoms with E-state index in [1.54, 1.807) is 18.2 Å². The van der Waals surface area contributed by atoms with Gasteiger partial charge in [0.05, 0.1) is 32.2 Å². The first-order valence-corrected chi connectivity index (χ1v) is 11.6. The molecule has 3 aromatic rings. The normalized spacial score (nSPS) is 10.6. The summed E-state index contributed by atoms with van der Waals surface area (Å²) in [4.78, 5) is 28.9. The van der Waals surface area contributed by atoms with Crippen LogP contribution in [0.3, 0.4) is 0 Å². The number of nitrogens with zero attached hydrogens (tertiary/aromatic N) is 4. The van der Waals surface area contributed by atoms with Crippen LogP contribution in [0.4, 0.5) is 5.13 Å². The summed E-state index contributed by atoms with van der Waals surface area (Å²) in [5, 5.41) is 17.0. The van der Waals surface area contributed by atoms with Crippen LogP contribution in [0.25, 0.3) is 0 Å². The lowest BCUT2D eigenvalue weighted by Gasteiger charge is -2.11. The average molecular weight is 477 g/mol. The van der Waals surface area contributed by atoms with E-state index in [1.807, 2.05) is 23.8 Å². The molecule has 0 aliphatic heterocycles. The summed E-state index contributed by atoms with van der Waals surface area (Å²) in [6, 6.07) is 4.95. The fourth-order valence-corrected chi connectivity index (χ4v) is 4.34. The zero-order valence-corrected chi connectivity index (χ0v) is 19.8. The highest BCUT2D eigenvalue weighted by Crippen LogP contribution is 2.27. The van der Waals surface area contributed by atoms with Crippen molar-refractivity contribution in [3.8, 4) is 11.5 Å². The number of rotatable bonds is 10. The van der Waals surface area contributed by atoms with E-state index in [0.29, 0.717) is 39.7 Å². The number of ether oxygens (including phenoxy) is 2. The maximum Gasteiger partial charge on any atom is 0.251 e. The molecule has 0 saturated carbocycles. The molecule has 32 heavy (non-hydrogen) atoms. The van der Waals surface area contributed by atoms with E-state index >= 15 is 0 Å². The molecule has 0 bridgehead atoms. The van der Waals surface area contributed by atoms with Gasteiger partial charge in [-0.25, -0.2) is 4.98 Å². The number of nitrogens with one attached hydrogen (secondary N) is 2. The zero-order chi connectivity index (χ0) is 23.1. The van der Waals surface area contributed by atoms with Crippen LogP contribution in [0.1, 0.15) is 28.8 Å². The van der Waals surface area contributed by atoms with Gasteiger partial charge in [0.25, 0.3) is 5.91 Å². The van der Waals surface area contributed by atoms with E-state index in [1.165, 1.54) is 37.3 Å². The van der Waals surface area contributed by atoms with Crippen molar-refractivity contribution < 1.29 is 19.1 Å². The Kier molecular flexibility index (Phi) is 8.06. The number of aryl methyl sites for hydroxylation is 1. The summed E-state index contributed by atoms with van der Waals surface area (Å²) in [7, 11) is 3.05. The second kappa shape index (κ2) is 11.0. The van der Waals surface area contributed by atoms with Crippen molar-refractivity contribution in [1.29, 1.82) is 0 Å². The highest BCUT2D eigenvalue weighted by Gasteiger charge is 2.16. The van der Waals surface area contributed by atoms with E-state index in [-0.39, 0.29) is 24.1 Å². The molecule has 0 atom stereocenters. The van der Waals surface area contributed by atoms with Crippen LogP contribution in [0.15, 0.2) is 28.7 Å². The molecule has 170 valence electrons. The highest BCUT2D eigenvalue weighted by atomic mass is 32.2. The molecule has 0 spiro atoms. The number of carbonyl (C=O) groups is 2. The highest BCUT2D eigenvalue weighted by molar-refractivity contribution is 7.99. The SMILES string of the molecule is CCn1c(CNC(=O)c2ccc(OC)c(OC)c2)nnc1SCC(=O)Nc1nc(C)cs1. The standard InChI is InChI=1S/C20H24N6O4S2/c1-5-26-16(9-21-18(28)13-6-7-14(29-3)15(8-13)30-4)24-25-20(26)32-11-17(27)23-19-22-12(2)10-31-19/h6-8,10H,5,9,11H2,1-4H3,(H,21,28)(H,22,23,27). The minimum atomic E-state index is -0.274. The second-order valence-electron chi connectivity index (χ2n) is 6.53. The maximum absolute atomic E-state index is 12.6. The van der Waals surface area contributed by atoms with Gasteiger partial charge >= 0.3 is 0 Å². The quantitative estimate of drug-likeness (QED) is 0.429. The van der Waals surface area contributed by atoms with Crippen LogP contribution < -0.4 is 20.1 Å². The average Bonchev–Trinajstić information content (AvgIpc) is 3.40. The number of hydrogen-bond donors (Lipinski definition) is 2. The first-order valence-electron chi connectivity index (χ1n) is 9.72. The van der Waals surface area contributed by atoms with Crippen LogP contribution in [0.5, 0.6) is 11.5 Å². The Hall–Kier alpha value is -3.12. The number of methoxy groups -OCH3 is 2. The number of hydrogen-bond acceptors (Lipinski definition) is 9. The Morgan fingerprint density at radius 2 is 1.97 bits per heavy atom. The second-order valence-corrected chi connectivity index (χ2v) is 8.33. The van der Waals surface area contributed by atoms with Gasteiger partial charge in [-0.3, -0.25) is 9.59 Å². The molecule has 0 aliphatic rings. The molecule has 1 aromatic carbocycles. The van der Waals surface area contributed by atoms with Crippen molar-refractivity contribution in [2.45, 2.75) is 32.1 Å². The Morgan fingerprint density at radius 1 is 1.19 bits per heavy atom. The van der Waals surface area contributed by atoms with Gasteiger partial charge < -0.3 is 24.7 Å². The molecule has 0 aliphatic carbocycles. The summed E-state index contributed by atoms with van der Waals surface area (Å²) in [6.07, 6.45) is 0.